The van der Waals surface area contributed by atoms with Crippen molar-refractivity contribution < 1.29 is 14.9 Å². The molecule has 1 fully saturated rings. The van der Waals surface area contributed by atoms with E-state index in [0.717, 1.165) is 66.8 Å². The van der Waals surface area contributed by atoms with E-state index in [-0.39, 0.29) is 18.2 Å². The lowest BCUT2D eigenvalue weighted by atomic mass is 9.87. The first-order valence-electron chi connectivity index (χ1n) is 8.72. The summed E-state index contributed by atoms with van der Waals surface area (Å²) in [7, 11) is 0. The molecular formula is C19H29NO3. The van der Waals surface area contributed by atoms with Crippen molar-refractivity contribution in [3.8, 4) is 11.5 Å². The third-order valence-electron chi connectivity index (χ3n) is 5.84. The molecule has 0 amide bonds. The maximum absolute atomic E-state index is 10.3. The van der Waals surface area contributed by atoms with E-state index in [4.69, 9.17) is 4.74 Å². The summed E-state index contributed by atoms with van der Waals surface area (Å²) in [6.45, 7) is 10.3. The van der Waals surface area contributed by atoms with Crippen LogP contribution in [0, 0.1) is 20.8 Å². The quantitative estimate of drug-likeness (QED) is 0.899. The van der Waals surface area contributed by atoms with Gasteiger partial charge in [-0.2, -0.15) is 0 Å². The molecule has 3 rings (SSSR count). The lowest BCUT2D eigenvalue weighted by molar-refractivity contribution is 0.0131. The minimum atomic E-state index is -0.231. The second-order valence-corrected chi connectivity index (χ2v) is 7.53. The van der Waals surface area contributed by atoms with E-state index in [1.807, 2.05) is 20.8 Å². The Morgan fingerprint density at radius 1 is 1.22 bits per heavy atom. The van der Waals surface area contributed by atoms with E-state index in [1.54, 1.807) is 0 Å². The Bertz CT molecular complexity index is 613. The number of aromatic hydroxyl groups is 1. The number of benzene rings is 1. The topological polar surface area (TPSA) is 52.9 Å². The SMILES string of the molecule is Cc1c(C)c2c(c(C)c1O)CCC(C)(CN1CCC[C@@H]1CO)O2. The summed E-state index contributed by atoms with van der Waals surface area (Å²) in [4.78, 5) is 2.38. The predicted octanol–water partition coefficient (Wildman–Crippen LogP) is 2.86. The van der Waals surface area contributed by atoms with Crippen LogP contribution in [0.25, 0.3) is 0 Å². The van der Waals surface area contributed by atoms with Crippen molar-refractivity contribution in [1.29, 1.82) is 0 Å². The molecule has 0 saturated carbocycles. The summed E-state index contributed by atoms with van der Waals surface area (Å²) >= 11 is 0. The molecule has 1 unspecified atom stereocenters. The van der Waals surface area contributed by atoms with Crippen LogP contribution in [-0.2, 0) is 6.42 Å². The molecular weight excluding hydrogens is 290 g/mol. The van der Waals surface area contributed by atoms with Crippen molar-refractivity contribution in [3.05, 3.63) is 22.3 Å². The zero-order valence-electron chi connectivity index (χ0n) is 14.8. The Balaban J connectivity index is 1.87. The first-order chi connectivity index (χ1) is 10.9. The fourth-order valence-electron chi connectivity index (χ4n) is 4.15. The number of hydrogen-bond acceptors (Lipinski definition) is 4. The van der Waals surface area contributed by atoms with Crippen LogP contribution in [0.3, 0.4) is 0 Å². The van der Waals surface area contributed by atoms with Crippen LogP contribution in [-0.4, -0.2) is 46.5 Å². The van der Waals surface area contributed by atoms with Gasteiger partial charge >= 0.3 is 0 Å². The van der Waals surface area contributed by atoms with Crippen molar-refractivity contribution in [2.24, 2.45) is 0 Å². The van der Waals surface area contributed by atoms with Gasteiger partial charge < -0.3 is 14.9 Å². The van der Waals surface area contributed by atoms with E-state index in [0.29, 0.717) is 5.75 Å². The first-order valence-corrected chi connectivity index (χ1v) is 8.72. The van der Waals surface area contributed by atoms with Gasteiger partial charge in [-0.25, -0.2) is 0 Å². The minimum absolute atomic E-state index is 0.231. The third kappa shape index (κ3) is 2.83. The van der Waals surface area contributed by atoms with Crippen molar-refractivity contribution >= 4 is 0 Å². The molecule has 2 N–H and O–H groups in total. The smallest absolute Gasteiger partial charge is 0.127 e. The Morgan fingerprint density at radius 3 is 2.65 bits per heavy atom. The summed E-state index contributed by atoms with van der Waals surface area (Å²) in [5.41, 5.74) is 3.85. The van der Waals surface area contributed by atoms with Gasteiger partial charge in [0, 0.05) is 18.2 Å². The summed E-state index contributed by atoms with van der Waals surface area (Å²) in [6.07, 6.45) is 4.11. The van der Waals surface area contributed by atoms with Crippen LogP contribution in [0.4, 0.5) is 0 Å². The van der Waals surface area contributed by atoms with Crippen molar-refractivity contribution in [2.75, 3.05) is 19.7 Å². The number of rotatable bonds is 3. The van der Waals surface area contributed by atoms with E-state index >= 15 is 0 Å². The molecule has 1 aromatic rings. The third-order valence-corrected chi connectivity index (χ3v) is 5.84. The standard InChI is InChI=1S/C19H29NO3/c1-12-13(2)18-16(14(3)17(12)22)7-8-19(4,23-18)11-20-9-5-6-15(20)10-21/h15,21-22H,5-11H2,1-4H3/t15-,19?/m1/s1. The zero-order chi connectivity index (χ0) is 16.8. The molecule has 2 atom stereocenters. The molecule has 0 spiro atoms. The van der Waals surface area contributed by atoms with E-state index in [2.05, 4.69) is 11.8 Å². The molecule has 128 valence electrons. The number of hydrogen-bond donors (Lipinski definition) is 2. The Kier molecular flexibility index (Phi) is 4.32. The van der Waals surface area contributed by atoms with Gasteiger partial charge in [-0.3, -0.25) is 4.90 Å². The molecule has 0 aliphatic carbocycles. The highest BCUT2D eigenvalue weighted by Crippen LogP contribution is 2.43. The highest BCUT2D eigenvalue weighted by atomic mass is 16.5. The second kappa shape index (κ2) is 5.99. The molecule has 0 radical (unpaired) electrons. The van der Waals surface area contributed by atoms with Gasteiger partial charge in [0.25, 0.3) is 0 Å². The number of aliphatic hydroxyl groups is 1. The number of phenols is 1. The molecule has 1 aromatic carbocycles. The van der Waals surface area contributed by atoms with Crippen LogP contribution in [0.1, 0.15) is 48.4 Å². The van der Waals surface area contributed by atoms with E-state index < -0.39 is 0 Å². The maximum atomic E-state index is 10.3. The van der Waals surface area contributed by atoms with Crippen LogP contribution in [0.15, 0.2) is 0 Å². The van der Waals surface area contributed by atoms with Gasteiger partial charge in [0.1, 0.15) is 17.1 Å². The van der Waals surface area contributed by atoms with Crippen molar-refractivity contribution in [3.63, 3.8) is 0 Å². The molecule has 2 aliphatic heterocycles. The number of phenolic OH excluding ortho intramolecular Hbond substituents is 1. The van der Waals surface area contributed by atoms with Crippen LogP contribution in [0.5, 0.6) is 11.5 Å². The molecule has 2 aliphatic rings. The molecule has 1 saturated heterocycles. The summed E-state index contributed by atoms with van der Waals surface area (Å²) < 4.78 is 6.49. The number of ether oxygens (including phenoxy) is 1. The normalized spacial score (nSPS) is 27.8. The van der Waals surface area contributed by atoms with Gasteiger partial charge in [0.05, 0.1) is 6.61 Å². The number of fused-ring (bicyclic) bond motifs is 1. The number of likely N-dealkylation sites (tertiary alicyclic amines) is 1. The van der Waals surface area contributed by atoms with Gasteiger partial charge in [-0.1, -0.05) is 0 Å². The highest BCUT2D eigenvalue weighted by Gasteiger charge is 2.38. The van der Waals surface area contributed by atoms with Gasteiger partial charge in [-0.05, 0) is 76.6 Å². The van der Waals surface area contributed by atoms with Crippen LogP contribution >= 0.6 is 0 Å². The Hall–Kier alpha value is -1.26. The molecule has 0 bridgehead atoms. The number of nitrogens with zero attached hydrogens (tertiary/aromatic N) is 1. The monoisotopic (exact) mass is 319 g/mol. The largest absolute Gasteiger partial charge is 0.507 e. The lowest BCUT2D eigenvalue weighted by Gasteiger charge is -2.41. The lowest BCUT2D eigenvalue weighted by Crippen LogP contribution is -2.49. The van der Waals surface area contributed by atoms with Crippen LogP contribution < -0.4 is 4.74 Å². The average molecular weight is 319 g/mol. The highest BCUT2D eigenvalue weighted by molar-refractivity contribution is 5.58. The minimum Gasteiger partial charge on any atom is -0.507 e. The van der Waals surface area contributed by atoms with E-state index in [9.17, 15) is 10.2 Å². The molecule has 2 heterocycles. The Morgan fingerprint density at radius 2 is 1.96 bits per heavy atom. The first kappa shape index (κ1) is 16.6. The van der Waals surface area contributed by atoms with Gasteiger partial charge in [-0.15, -0.1) is 0 Å². The van der Waals surface area contributed by atoms with Crippen molar-refractivity contribution in [2.45, 2.75) is 65.0 Å². The zero-order valence-corrected chi connectivity index (χ0v) is 14.8. The molecule has 4 nitrogen and oxygen atoms in total. The summed E-state index contributed by atoms with van der Waals surface area (Å²) in [5.74, 6) is 1.37. The molecule has 0 aromatic heterocycles. The fourth-order valence-corrected chi connectivity index (χ4v) is 4.15. The summed E-state index contributed by atoms with van der Waals surface area (Å²) in [6, 6.07) is 0.279. The van der Waals surface area contributed by atoms with Gasteiger partial charge in [0.15, 0.2) is 0 Å². The molecule has 23 heavy (non-hydrogen) atoms. The predicted molar refractivity (Wildman–Crippen MR) is 91.4 cm³/mol. The average Bonchev–Trinajstić information content (AvgIpc) is 2.97. The van der Waals surface area contributed by atoms with Gasteiger partial charge in [0.2, 0.25) is 0 Å². The van der Waals surface area contributed by atoms with Crippen molar-refractivity contribution in [1.82, 2.24) is 4.90 Å². The van der Waals surface area contributed by atoms with E-state index in [1.165, 1.54) is 0 Å². The summed E-state index contributed by atoms with van der Waals surface area (Å²) in [5, 5.41) is 19.8. The maximum Gasteiger partial charge on any atom is 0.127 e. The second-order valence-electron chi connectivity index (χ2n) is 7.53. The van der Waals surface area contributed by atoms with Crippen LogP contribution in [0.2, 0.25) is 0 Å². The molecule has 4 heteroatoms. The fraction of sp³-hybridized carbons (Fsp3) is 0.684. The number of aliphatic hydroxyl groups excluding tert-OH is 1. The Labute approximate surface area is 139 Å².